The number of likely N-dealkylation sites (tertiary alicyclic amines) is 1. The number of nitrogens with zero attached hydrogens (tertiary/aromatic N) is 1. The van der Waals surface area contributed by atoms with Gasteiger partial charge in [0, 0.05) is 25.2 Å². The first-order valence-electron chi connectivity index (χ1n) is 12.0. The molecule has 1 aliphatic rings. The van der Waals surface area contributed by atoms with E-state index in [4.69, 9.17) is 24.5 Å². The van der Waals surface area contributed by atoms with E-state index in [1.165, 1.54) is 12.1 Å². The van der Waals surface area contributed by atoms with Gasteiger partial charge in [-0.2, -0.15) is 13.2 Å². The molecule has 0 spiro atoms. The lowest BCUT2D eigenvalue weighted by Crippen LogP contribution is -2.38. The minimum absolute atomic E-state index is 0.230. The number of carbonyl (C=O) groups is 3. The van der Waals surface area contributed by atoms with E-state index in [9.17, 15) is 18.0 Å². The van der Waals surface area contributed by atoms with Crippen LogP contribution in [0.2, 0.25) is 0 Å². The molecule has 4 rings (SSSR count). The van der Waals surface area contributed by atoms with Crippen LogP contribution in [0.25, 0.3) is 11.1 Å². The average molecular weight is 545 g/mol. The first kappa shape index (κ1) is 29.2. The molecule has 3 aromatic rings. The molecule has 8 nitrogen and oxygen atoms in total. The van der Waals surface area contributed by atoms with Crippen LogP contribution in [-0.2, 0) is 27.0 Å². The third-order valence-electron chi connectivity index (χ3n) is 5.90. The van der Waals surface area contributed by atoms with Gasteiger partial charge in [-0.05, 0) is 36.1 Å². The van der Waals surface area contributed by atoms with E-state index in [-0.39, 0.29) is 6.10 Å². The van der Waals surface area contributed by atoms with Crippen LogP contribution in [0.3, 0.4) is 0 Å². The number of hydrogen-bond acceptors (Lipinski definition) is 5. The molecule has 3 aromatic carbocycles. The number of nitrogens with one attached hydrogen (secondary N) is 1. The Morgan fingerprint density at radius 1 is 0.872 bits per heavy atom. The van der Waals surface area contributed by atoms with Gasteiger partial charge in [-0.3, -0.25) is 10.2 Å². The molecule has 0 unspecified atom stereocenters. The third-order valence-corrected chi connectivity index (χ3v) is 5.90. The van der Waals surface area contributed by atoms with Gasteiger partial charge in [0.2, 0.25) is 0 Å². The minimum atomic E-state index is -4.34. The number of alkyl halides is 3. The van der Waals surface area contributed by atoms with Crippen LogP contribution >= 0.6 is 0 Å². The largest absolute Gasteiger partial charge is 0.473 e. The standard InChI is InChI=1S/C26H25F3N2O2.C2H2O4/c27-26(28,29)21-10-6-7-19(17-21)18-31-15-13-22(14-16-31)33-25(32)30-24-12-5-4-11-23(24)20-8-2-1-3-9-20;3-1(4)2(5)6/h1-12,17,22H,13-16,18H2,(H,30,32);(H,3,4)(H,5,6). The van der Waals surface area contributed by atoms with Crippen LogP contribution in [0.5, 0.6) is 0 Å². The van der Waals surface area contributed by atoms with E-state index in [2.05, 4.69) is 10.2 Å². The van der Waals surface area contributed by atoms with Crippen molar-refractivity contribution in [1.82, 2.24) is 4.90 Å². The monoisotopic (exact) mass is 544 g/mol. The normalized spacial score (nSPS) is 14.0. The maximum absolute atomic E-state index is 12.9. The summed E-state index contributed by atoms with van der Waals surface area (Å²) >= 11 is 0. The van der Waals surface area contributed by atoms with Crippen LogP contribution in [0.15, 0.2) is 78.9 Å². The highest BCUT2D eigenvalue weighted by Gasteiger charge is 2.30. The molecule has 0 aliphatic carbocycles. The van der Waals surface area contributed by atoms with E-state index in [1.54, 1.807) is 6.07 Å². The second kappa shape index (κ2) is 13.4. The molecule has 0 bridgehead atoms. The Morgan fingerprint density at radius 2 is 1.49 bits per heavy atom. The van der Waals surface area contributed by atoms with E-state index in [0.717, 1.165) is 17.2 Å². The molecular weight excluding hydrogens is 517 g/mol. The summed E-state index contributed by atoms with van der Waals surface area (Å²) in [5, 5.41) is 17.6. The quantitative estimate of drug-likeness (QED) is 0.351. The second-order valence-corrected chi connectivity index (χ2v) is 8.73. The van der Waals surface area contributed by atoms with E-state index in [1.807, 2.05) is 54.6 Å². The van der Waals surface area contributed by atoms with E-state index < -0.39 is 29.8 Å². The molecule has 3 N–H and O–H groups in total. The molecule has 0 saturated carbocycles. The average Bonchev–Trinajstić information content (AvgIpc) is 2.90. The highest BCUT2D eigenvalue weighted by molar-refractivity contribution is 6.27. The molecule has 0 aromatic heterocycles. The number of benzene rings is 3. The molecule has 1 saturated heterocycles. The van der Waals surface area contributed by atoms with Gasteiger partial charge in [0.05, 0.1) is 11.3 Å². The van der Waals surface area contributed by atoms with Crippen molar-refractivity contribution >= 4 is 23.7 Å². The summed E-state index contributed by atoms with van der Waals surface area (Å²) in [6.45, 7) is 1.73. The predicted octanol–water partition coefficient (Wildman–Crippen LogP) is 5.74. The summed E-state index contributed by atoms with van der Waals surface area (Å²) in [5.41, 5.74) is 2.57. The molecule has 1 heterocycles. The van der Waals surface area contributed by atoms with Crippen LogP contribution in [0.1, 0.15) is 24.0 Å². The van der Waals surface area contributed by atoms with Gasteiger partial charge in [0.25, 0.3) is 0 Å². The second-order valence-electron chi connectivity index (χ2n) is 8.73. The van der Waals surface area contributed by atoms with Crippen molar-refractivity contribution in [1.29, 1.82) is 0 Å². The Hall–Kier alpha value is -4.38. The Morgan fingerprint density at radius 3 is 2.10 bits per heavy atom. The van der Waals surface area contributed by atoms with Crippen LogP contribution in [0, 0.1) is 0 Å². The van der Waals surface area contributed by atoms with Crippen molar-refractivity contribution in [3.8, 4) is 11.1 Å². The molecule has 1 amide bonds. The van der Waals surface area contributed by atoms with Gasteiger partial charge >= 0.3 is 24.2 Å². The number of halogens is 3. The number of carboxylic acids is 2. The number of hydrogen-bond donors (Lipinski definition) is 3. The van der Waals surface area contributed by atoms with Gasteiger partial charge in [0.15, 0.2) is 0 Å². The summed E-state index contributed by atoms with van der Waals surface area (Å²) in [6, 6.07) is 22.7. The Balaban J connectivity index is 0.000000631. The summed E-state index contributed by atoms with van der Waals surface area (Å²) in [6.07, 6.45) is -3.82. The maximum Gasteiger partial charge on any atom is 0.416 e. The van der Waals surface area contributed by atoms with Gasteiger partial charge in [-0.25, -0.2) is 14.4 Å². The van der Waals surface area contributed by atoms with Crippen molar-refractivity contribution in [3.05, 3.63) is 90.0 Å². The summed E-state index contributed by atoms with van der Waals surface area (Å²) in [7, 11) is 0. The topological polar surface area (TPSA) is 116 Å². The highest BCUT2D eigenvalue weighted by atomic mass is 19.4. The third kappa shape index (κ3) is 9.15. The number of carboxylic acid groups (broad SMARTS) is 2. The van der Waals surface area contributed by atoms with Crippen LogP contribution in [0.4, 0.5) is 23.7 Å². The maximum atomic E-state index is 12.9. The van der Waals surface area contributed by atoms with Crippen molar-refractivity contribution < 1.29 is 42.5 Å². The smallest absolute Gasteiger partial charge is 0.416 e. The van der Waals surface area contributed by atoms with Gasteiger partial charge in [-0.15, -0.1) is 0 Å². The van der Waals surface area contributed by atoms with Crippen molar-refractivity contribution in [3.63, 3.8) is 0 Å². The molecule has 11 heteroatoms. The number of carbonyl (C=O) groups excluding carboxylic acids is 1. The zero-order valence-corrected chi connectivity index (χ0v) is 20.7. The summed E-state index contributed by atoms with van der Waals surface area (Å²) in [4.78, 5) is 32.8. The molecule has 1 aliphatic heterocycles. The van der Waals surface area contributed by atoms with Crippen LogP contribution in [-0.4, -0.2) is 52.3 Å². The zero-order chi connectivity index (χ0) is 28.4. The molecular formula is C28H27F3N2O6. The summed E-state index contributed by atoms with van der Waals surface area (Å²) in [5.74, 6) is -3.65. The number of para-hydroxylation sites is 1. The Kier molecular flexibility index (Phi) is 10.0. The van der Waals surface area contributed by atoms with E-state index >= 15 is 0 Å². The SMILES string of the molecule is O=C(Nc1ccccc1-c1ccccc1)OC1CCN(Cc2cccc(C(F)(F)F)c2)CC1.O=C(O)C(=O)O. The fourth-order valence-electron chi connectivity index (χ4n) is 4.04. The fourth-order valence-corrected chi connectivity index (χ4v) is 4.04. The lowest BCUT2D eigenvalue weighted by molar-refractivity contribution is -0.159. The van der Waals surface area contributed by atoms with E-state index in [0.29, 0.717) is 43.7 Å². The lowest BCUT2D eigenvalue weighted by Gasteiger charge is -2.31. The molecule has 206 valence electrons. The Labute approximate surface area is 222 Å². The number of ether oxygens (including phenoxy) is 1. The zero-order valence-electron chi connectivity index (χ0n) is 20.7. The van der Waals surface area contributed by atoms with Gasteiger partial charge < -0.3 is 14.9 Å². The van der Waals surface area contributed by atoms with Crippen molar-refractivity contribution in [2.75, 3.05) is 18.4 Å². The number of anilines is 1. The summed E-state index contributed by atoms with van der Waals surface area (Å²) < 4.78 is 44.4. The van der Waals surface area contributed by atoms with Crippen molar-refractivity contribution in [2.45, 2.75) is 31.7 Å². The highest BCUT2D eigenvalue weighted by Crippen LogP contribution is 2.30. The number of aliphatic carboxylic acids is 2. The lowest BCUT2D eigenvalue weighted by atomic mass is 10.0. The van der Waals surface area contributed by atoms with Crippen molar-refractivity contribution in [2.24, 2.45) is 0 Å². The minimum Gasteiger partial charge on any atom is -0.473 e. The first-order valence-corrected chi connectivity index (χ1v) is 12.0. The molecule has 39 heavy (non-hydrogen) atoms. The predicted molar refractivity (Wildman–Crippen MR) is 137 cm³/mol. The Bertz CT molecular complexity index is 1260. The molecule has 0 radical (unpaired) electrons. The van der Waals surface area contributed by atoms with Gasteiger partial charge in [-0.1, -0.05) is 66.7 Å². The van der Waals surface area contributed by atoms with Gasteiger partial charge in [0.1, 0.15) is 6.10 Å². The molecule has 0 atom stereocenters. The first-order chi connectivity index (χ1) is 18.5. The fraction of sp³-hybridized carbons (Fsp3) is 0.250. The van der Waals surface area contributed by atoms with Crippen LogP contribution < -0.4 is 5.32 Å². The number of rotatable bonds is 5. The number of piperidine rings is 1. The molecule has 1 fully saturated rings. The number of amides is 1.